The minimum absolute atomic E-state index is 0.148. The molecule has 1 N–H and O–H groups in total. The number of thiocarbonyl (C=S) groups is 1. The zero-order valence-electron chi connectivity index (χ0n) is 16.9. The maximum atomic E-state index is 6.36. The van der Waals surface area contributed by atoms with E-state index in [9.17, 15) is 0 Å². The Kier molecular flexibility index (Phi) is 5.14. The molecule has 1 saturated heterocycles. The molecule has 5 rings (SSSR count). The molecule has 2 atom stereocenters. The van der Waals surface area contributed by atoms with Gasteiger partial charge in [-0.1, -0.05) is 36.4 Å². The Morgan fingerprint density at radius 1 is 0.935 bits per heavy atom. The minimum Gasteiger partial charge on any atom is -0.497 e. The molecule has 0 amide bonds. The number of pyridine rings is 1. The SMILES string of the molecule is COc1ccc(N2C(=S)N[C@@H](c3ccccn3)[C@H]2c2ccc(-c3ccccc3)o2)cc1. The van der Waals surface area contributed by atoms with Gasteiger partial charge in [-0.2, -0.15) is 0 Å². The van der Waals surface area contributed by atoms with Gasteiger partial charge in [0.05, 0.1) is 18.8 Å². The number of aromatic nitrogens is 1. The molecule has 3 heterocycles. The molecule has 6 heteroatoms. The van der Waals surface area contributed by atoms with Crippen LogP contribution in [0, 0.1) is 0 Å². The molecule has 0 saturated carbocycles. The summed E-state index contributed by atoms with van der Waals surface area (Å²) in [6.45, 7) is 0. The molecule has 0 spiro atoms. The topological polar surface area (TPSA) is 50.5 Å². The van der Waals surface area contributed by atoms with Gasteiger partial charge in [0.15, 0.2) is 5.11 Å². The standard InChI is InChI=1S/C25H21N3O2S/c1-29-19-12-10-18(11-13-19)28-24(23(27-25(28)31)20-9-5-6-16-26-20)22-15-14-21(30-22)17-7-3-2-4-8-17/h2-16,23-24H,1H3,(H,27,31)/t23-,24+/m0/s1. The summed E-state index contributed by atoms with van der Waals surface area (Å²) < 4.78 is 11.7. The highest BCUT2D eigenvalue weighted by Crippen LogP contribution is 2.43. The van der Waals surface area contributed by atoms with Crippen LogP contribution in [0.25, 0.3) is 11.3 Å². The maximum Gasteiger partial charge on any atom is 0.174 e. The monoisotopic (exact) mass is 427 g/mol. The number of ether oxygens (including phenoxy) is 1. The molecule has 31 heavy (non-hydrogen) atoms. The highest BCUT2D eigenvalue weighted by atomic mass is 32.1. The van der Waals surface area contributed by atoms with Crippen molar-refractivity contribution in [1.82, 2.24) is 10.3 Å². The van der Waals surface area contributed by atoms with Gasteiger partial charge in [-0.05, 0) is 60.7 Å². The van der Waals surface area contributed by atoms with Crippen molar-refractivity contribution >= 4 is 23.0 Å². The smallest absolute Gasteiger partial charge is 0.174 e. The van der Waals surface area contributed by atoms with E-state index in [1.54, 1.807) is 13.3 Å². The van der Waals surface area contributed by atoms with Crippen LogP contribution in [-0.4, -0.2) is 17.2 Å². The number of hydrogen-bond acceptors (Lipinski definition) is 4. The highest BCUT2D eigenvalue weighted by molar-refractivity contribution is 7.80. The molecule has 154 valence electrons. The van der Waals surface area contributed by atoms with E-state index in [0.717, 1.165) is 34.2 Å². The van der Waals surface area contributed by atoms with Crippen LogP contribution in [0.5, 0.6) is 5.75 Å². The normalized spacial score (nSPS) is 18.1. The zero-order valence-corrected chi connectivity index (χ0v) is 17.8. The van der Waals surface area contributed by atoms with Crippen LogP contribution in [0.1, 0.15) is 23.5 Å². The lowest BCUT2D eigenvalue weighted by atomic mass is 10.0. The Morgan fingerprint density at radius 3 is 2.42 bits per heavy atom. The zero-order chi connectivity index (χ0) is 21.2. The quantitative estimate of drug-likeness (QED) is 0.423. The van der Waals surface area contributed by atoms with Crippen LogP contribution in [0.3, 0.4) is 0 Å². The number of furan rings is 1. The molecule has 4 aromatic rings. The third-order valence-corrected chi connectivity index (χ3v) is 5.74. The summed E-state index contributed by atoms with van der Waals surface area (Å²) >= 11 is 5.75. The third-order valence-electron chi connectivity index (χ3n) is 5.43. The Balaban J connectivity index is 1.58. The predicted octanol–water partition coefficient (Wildman–Crippen LogP) is 5.53. The molecule has 0 bridgehead atoms. The van der Waals surface area contributed by atoms with Crippen molar-refractivity contribution in [3.63, 3.8) is 0 Å². The van der Waals surface area contributed by atoms with Crippen LogP contribution in [0.15, 0.2) is 95.5 Å². The largest absolute Gasteiger partial charge is 0.497 e. The summed E-state index contributed by atoms with van der Waals surface area (Å²) in [6.07, 6.45) is 1.80. The van der Waals surface area contributed by atoms with E-state index >= 15 is 0 Å². The lowest BCUT2D eigenvalue weighted by Gasteiger charge is -2.26. The fraction of sp³-hybridized carbons (Fsp3) is 0.120. The second kappa shape index (κ2) is 8.24. The van der Waals surface area contributed by atoms with Gasteiger partial charge in [-0.25, -0.2) is 0 Å². The number of benzene rings is 2. The van der Waals surface area contributed by atoms with Crippen LogP contribution in [0.2, 0.25) is 0 Å². The molecular weight excluding hydrogens is 406 g/mol. The average Bonchev–Trinajstić information content (AvgIpc) is 3.45. The van der Waals surface area contributed by atoms with Gasteiger partial charge >= 0.3 is 0 Å². The average molecular weight is 428 g/mol. The van der Waals surface area contributed by atoms with Crippen molar-refractivity contribution < 1.29 is 9.15 Å². The van der Waals surface area contributed by atoms with Crippen LogP contribution >= 0.6 is 12.2 Å². The van der Waals surface area contributed by atoms with E-state index in [1.165, 1.54) is 0 Å². The van der Waals surface area contributed by atoms with Gasteiger partial charge in [-0.15, -0.1) is 0 Å². The fourth-order valence-corrected chi connectivity index (χ4v) is 4.28. The van der Waals surface area contributed by atoms with E-state index in [0.29, 0.717) is 5.11 Å². The number of nitrogens with one attached hydrogen (secondary N) is 1. The van der Waals surface area contributed by atoms with Crippen molar-refractivity contribution in [1.29, 1.82) is 0 Å². The van der Waals surface area contributed by atoms with Crippen molar-refractivity contribution in [2.24, 2.45) is 0 Å². The van der Waals surface area contributed by atoms with Gasteiger partial charge in [0.25, 0.3) is 0 Å². The van der Waals surface area contributed by atoms with Crippen molar-refractivity contribution in [3.05, 3.63) is 103 Å². The van der Waals surface area contributed by atoms with Crippen LogP contribution in [0.4, 0.5) is 5.69 Å². The molecule has 1 aliphatic rings. The Labute approximate surface area is 186 Å². The molecule has 2 aromatic carbocycles. The molecular formula is C25H21N3O2S. The Bertz CT molecular complexity index is 1180. The van der Waals surface area contributed by atoms with Crippen LogP contribution in [-0.2, 0) is 0 Å². The first-order valence-electron chi connectivity index (χ1n) is 10.0. The molecule has 0 unspecified atom stereocenters. The second-order valence-corrected chi connectivity index (χ2v) is 7.65. The van der Waals surface area contributed by atoms with Crippen LogP contribution < -0.4 is 15.0 Å². The summed E-state index contributed by atoms with van der Waals surface area (Å²) in [5, 5.41) is 4.08. The molecule has 1 fully saturated rings. The first kappa shape index (κ1) is 19.3. The van der Waals surface area contributed by atoms with Gasteiger partial charge in [0, 0.05) is 17.4 Å². The Morgan fingerprint density at radius 2 is 1.71 bits per heavy atom. The number of methoxy groups -OCH3 is 1. The number of hydrogen-bond donors (Lipinski definition) is 1. The van der Waals surface area contributed by atoms with Crippen molar-refractivity contribution in [2.75, 3.05) is 12.0 Å². The summed E-state index contributed by atoms with van der Waals surface area (Å²) in [6, 6.07) is 27.5. The number of rotatable bonds is 5. The summed E-state index contributed by atoms with van der Waals surface area (Å²) in [5.41, 5.74) is 2.90. The van der Waals surface area contributed by atoms with Gasteiger partial charge < -0.3 is 19.4 Å². The number of nitrogens with zero attached hydrogens (tertiary/aromatic N) is 2. The van der Waals surface area contributed by atoms with Gasteiger partial charge in [-0.3, -0.25) is 4.98 Å². The van der Waals surface area contributed by atoms with E-state index < -0.39 is 0 Å². The minimum atomic E-state index is -0.187. The lowest BCUT2D eigenvalue weighted by molar-refractivity contribution is 0.414. The van der Waals surface area contributed by atoms with E-state index in [4.69, 9.17) is 21.4 Å². The van der Waals surface area contributed by atoms with Gasteiger partial charge in [0.2, 0.25) is 0 Å². The molecule has 0 aliphatic carbocycles. The maximum absolute atomic E-state index is 6.36. The van der Waals surface area contributed by atoms with Crippen molar-refractivity contribution in [2.45, 2.75) is 12.1 Å². The summed E-state index contributed by atoms with van der Waals surface area (Å²) in [4.78, 5) is 6.67. The molecule has 0 radical (unpaired) electrons. The fourth-order valence-electron chi connectivity index (χ4n) is 3.93. The number of anilines is 1. The molecule has 1 aliphatic heterocycles. The predicted molar refractivity (Wildman–Crippen MR) is 125 cm³/mol. The second-order valence-electron chi connectivity index (χ2n) is 7.26. The summed E-state index contributed by atoms with van der Waals surface area (Å²) in [5.74, 6) is 2.43. The molecule has 5 nitrogen and oxygen atoms in total. The van der Waals surface area contributed by atoms with E-state index in [-0.39, 0.29) is 12.1 Å². The highest BCUT2D eigenvalue weighted by Gasteiger charge is 2.42. The van der Waals surface area contributed by atoms with E-state index in [2.05, 4.69) is 15.2 Å². The first-order chi connectivity index (χ1) is 15.2. The summed E-state index contributed by atoms with van der Waals surface area (Å²) in [7, 11) is 1.66. The Hall–Kier alpha value is -3.64. The lowest BCUT2D eigenvalue weighted by Crippen LogP contribution is -2.29. The first-order valence-corrected chi connectivity index (χ1v) is 10.5. The van der Waals surface area contributed by atoms with E-state index in [1.807, 2.05) is 84.9 Å². The molecule has 2 aromatic heterocycles. The third kappa shape index (κ3) is 3.66. The van der Waals surface area contributed by atoms with Gasteiger partial charge in [0.1, 0.15) is 23.3 Å². The van der Waals surface area contributed by atoms with Crippen molar-refractivity contribution in [3.8, 4) is 17.1 Å².